The first kappa shape index (κ1) is 21.4. The highest BCUT2D eigenvalue weighted by Crippen LogP contribution is 2.30. The van der Waals surface area contributed by atoms with Gasteiger partial charge in [-0.2, -0.15) is 0 Å². The van der Waals surface area contributed by atoms with Crippen LogP contribution in [0.15, 0.2) is 46.8 Å². The number of fused-ring (bicyclic) bond motifs is 1. The van der Waals surface area contributed by atoms with Gasteiger partial charge in [0.15, 0.2) is 10.9 Å². The zero-order valence-corrected chi connectivity index (χ0v) is 18.0. The summed E-state index contributed by atoms with van der Waals surface area (Å²) >= 11 is 9.27. The van der Waals surface area contributed by atoms with Crippen LogP contribution in [0.3, 0.4) is 0 Å². The number of hydrogen-bond donors (Lipinski definition) is 1. The van der Waals surface area contributed by atoms with E-state index in [1.807, 2.05) is 24.3 Å². The van der Waals surface area contributed by atoms with Gasteiger partial charge in [-0.1, -0.05) is 35.5 Å². The minimum atomic E-state index is -0.427. The summed E-state index contributed by atoms with van der Waals surface area (Å²) in [6.45, 7) is -0.340. The summed E-state index contributed by atoms with van der Waals surface area (Å²) in [5, 5.41) is 3.01. The summed E-state index contributed by atoms with van der Waals surface area (Å²) in [6, 6.07) is 12.9. The van der Waals surface area contributed by atoms with Crippen LogP contribution in [0.2, 0.25) is 5.02 Å². The summed E-state index contributed by atoms with van der Waals surface area (Å²) in [7, 11) is 1.51. The number of rotatable bonds is 9. The van der Waals surface area contributed by atoms with E-state index in [-0.39, 0.29) is 13.0 Å². The highest BCUT2D eigenvalue weighted by Gasteiger charge is 2.10. The van der Waals surface area contributed by atoms with E-state index in [1.165, 1.54) is 7.11 Å². The predicted molar refractivity (Wildman–Crippen MR) is 117 cm³/mol. The Morgan fingerprint density at radius 2 is 2.07 bits per heavy atom. The number of anilines is 1. The summed E-state index contributed by atoms with van der Waals surface area (Å²) < 4.78 is 12.2. The maximum Gasteiger partial charge on any atom is 0.306 e. The summed E-state index contributed by atoms with van der Waals surface area (Å²) in [6.07, 6.45) is 0.897. The first-order valence-corrected chi connectivity index (χ1v) is 11.0. The van der Waals surface area contributed by atoms with E-state index in [0.717, 1.165) is 20.3 Å². The Labute approximate surface area is 181 Å². The molecule has 6 nitrogen and oxygen atoms in total. The van der Waals surface area contributed by atoms with E-state index in [1.54, 1.807) is 41.3 Å². The normalized spacial score (nSPS) is 10.7. The summed E-state index contributed by atoms with van der Waals surface area (Å²) in [5.41, 5.74) is 1.49. The van der Waals surface area contributed by atoms with Gasteiger partial charge in [0, 0.05) is 17.9 Å². The molecule has 0 spiro atoms. The number of halogens is 1. The van der Waals surface area contributed by atoms with Crippen molar-refractivity contribution in [1.29, 1.82) is 0 Å². The molecule has 1 amide bonds. The Hall–Kier alpha value is -2.29. The van der Waals surface area contributed by atoms with E-state index >= 15 is 0 Å². The van der Waals surface area contributed by atoms with E-state index < -0.39 is 11.9 Å². The van der Waals surface area contributed by atoms with Crippen molar-refractivity contribution in [2.24, 2.45) is 0 Å². The van der Waals surface area contributed by atoms with Crippen LogP contribution >= 0.6 is 34.7 Å². The number of carbonyl (C=O) groups is 2. The molecule has 2 aromatic carbocycles. The number of methoxy groups -OCH3 is 1. The number of esters is 1. The Morgan fingerprint density at radius 3 is 2.83 bits per heavy atom. The van der Waals surface area contributed by atoms with Gasteiger partial charge in [0.2, 0.25) is 0 Å². The molecule has 3 aromatic rings. The fourth-order valence-electron chi connectivity index (χ4n) is 2.45. The minimum Gasteiger partial charge on any atom is -0.495 e. The van der Waals surface area contributed by atoms with Gasteiger partial charge < -0.3 is 14.8 Å². The molecule has 3 rings (SSSR count). The molecule has 0 aliphatic carbocycles. The standard InChI is InChI=1S/C20H19ClN2O4S2/c1-26-16-9-8-13(11-14(16)21)22-18(24)12-27-19(25)7-4-10-28-20-23-15-5-2-3-6-17(15)29-20/h2-3,5-6,8-9,11H,4,7,10,12H2,1H3,(H,22,24). The zero-order chi connectivity index (χ0) is 20.6. The Balaban J connectivity index is 1.34. The number of hydrogen-bond acceptors (Lipinski definition) is 7. The molecule has 1 N–H and O–H groups in total. The van der Waals surface area contributed by atoms with Crippen molar-refractivity contribution in [3.05, 3.63) is 47.5 Å². The summed E-state index contributed by atoms with van der Waals surface area (Å²) in [5.74, 6) is 0.437. The molecule has 0 radical (unpaired) electrons. The van der Waals surface area contributed by atoms with Gasteiger partial charge in [0.25, 0.3) is 5.91 Å². The van der Waals surface area contributed by atoms with Gasteiger partial charge in [-0.15, -0.1) is 11.3 Å². The maximum absolute atomic E-state index is 11.9. The van der Waals surface area contributed by atoms with Crippen LogP contribution in [-0.4, -0.2) is 36.3 Å². The molecule has 0 saturated heterocycles. The molecule has 0 atom stereocenters. The van der Waals surface area contributed by atoms with Gasteiger partial charge >= 0.3 is 5.97 Å². The smallest absolute Gasteiger partial charge is 0.306 e. The highest BCUT2D eigenvalue weighted by molar-refractivity contribution is 8.01. The molecule has 0 fully saturated rings. The first-order valence-electron chi connectivity index (χ1n) is 8.82. The van der Waals surface area contributed by atoms with Crippen LogP contribution in [-0.2, 0) is 14.3 Å². The van der Waals surface area contributed by atoms with Crippen LogP contribution in [0.25, 0.3) is 10.2 Å². The molecule has 29 heavy (non-hydrogen) atoms. The number of nitrogens with zero attached hydrogens (tertiary/aromatic N) is 1. The quantitative estimate of drug-likeness (QED) is 0.280. The minimum absolute atomic E-state index is 0.250. The van der Waals surface area contributed by atoms with Crippen molar-refractivity contribution in [3.8, 4) is 5.75 Å². The van der Waals surface area contributed by atoms with Crippen molar-refractivity contribution in [1.82, 2.24) is 4.98 Å². The third-order valence-electron chi connectivity index (χ3n) is 3.82. The van der Waals surface area contributed by atoms with Gasteiger partial charge in [-0.3, -0.25) is 9.59 Å². The molecule has 152 valence electrons. The number of carbonyl (C=O) groups excluding carboxylic acids is 2. The third-order valence-corrected chi connectivity index (χ3v) is 6.39. The van der Waals surface area contributed by atoms with Crippen molar-refractivity contribution in [2.45, 2.75) is 17.2 Å². The van der Waals surface area contributed by atoms with E-state index in [0.29, 0.717) is 22.9 Å². The van der Waals surface area contributed by atoms with E-state index in [2.05, 4.69) is 10.3 Å². The summed E-state index contributed by atoms with van der Waals surface area (Å²) in [4.78, 5) is 28.3. The number of benzene rings is 2. The molecular weight excluding hydrogens is 432 g/mol. The number of thiazole rings is 1. The molecule has 0 aliphatic rings. The first-order chi connectivity index (χ1) is 14.0. The number of amides is 1. The van der Waals surface area contributed by atoms with Gasteiger partial charge in [-0.05, 0) is 36.8 Å². The maximum atomic E-state index is 11.9. The Kier molecular flexibility index (Phi) is 7.74. The second kappa shape index (κ2) is 10.5. The molecule has 0 bridgehead atoms. The lowest BCUT2D eigenvalue weighted by Crippen LogP contribution is -2.20. The number of nitrogens with one attached hydrogen (secondary N) is 1. The monoisotopic (exact) mass is 450 g/mol. The zero-order valence-electron chi connectivity index (χ0n) is 15.6. The lowest BCUT2D eigenvalue weighted by atomic mass is 10.3. The van der Waals surface area contributed by atoms with Crippen LogP contribution in [0.4, 0.5) is 5.69 Å². The van der Waals surface area contributed by atoms with Crippen LogP contribution in [0.1, 0.15) is 12.8 Å². The molecule has 1 aromatic heterocycles. The van der Waals surface area contributed by atoms with Gasteiger partial charge in [-0.25, -0.2) is 4.98 Å². The SMILES string of the molecule is COc1ccc(NC(=O)COC(=O)CCCSc2nc3ccccc3s2)cc1Cl. The van der Waals surface area contributed by atoms with Crippen molar-refractivity contribution >= 4 is 62.5 Å². The predicted octanol–water partition coefficient (Wildman–Crippen LogP) is 5.01. The third kappa shape index (κ3) is 6.35. The molecule has 0 unspecified atom stereocenters. The lowest BCUT2D eigenvalue weighted by molar-refractivity contribution is -0.147. The second-order valence-electron chi connectivity index (χ2n) is 5.96. The van der Waals surface area contributed by atoms with Crippen molar-refractivity contribution in [3.63, 3.8) is 0 Å². The van der Waals surface area contributed by atoms with E-state index in [4.69, 9.17) is 21.1 Å². The lowest BCUT2D eigenvalue weighted by Gasteiger charge is -2.08. The van der Waals surface area contributed by atoms with Crippen LogP contribution in [0.5, 0.6) is 5.75 Å². The molecule has 9 heteroatoms. The number of thioether (sulfide) groups is 1. The molecule has 1 heterocycles. The molecular formula is C20H19ClN2O4S2. The molecule has 0 saturated carbocycles. The number of ether oxygens (including phenoxy) is 2. The van der Waals surface area contributed by atoms with Gasteiger partial charge in [0.1, 0.15) is 5.75 Å². The number of aromatic nitrogens is 1. The van der Waals surface area contributed by atoms with Crippen LogP contribution < -0.4 is 10.1 Å². The van der Waals surface area contributed by atoms with Crippen molar-refractivity contribution < 1.29 is 19.1 Å². The Bertz CT molecular complexity index is 976. The second-order valence-corrected chi connectivity index (χ2v) is 8.74. The van der Waals surface area contributed by atoms with E-state index in [9.17, 15) is 9.59 Å². The average Bonchev–Trinajstić information content (AvgIpc) is 3.13. The fraction of sp³-hybridized carbons (Fsp3) is 0.250. The highest BCUT2D eigenvalue weighted by atomic mass is 35.5. The number of para-hydroxylation sites is 1. The van der Waals surface area contributed by atoms with Gasteiger partial charge in [0.05, 0.1) is 22.3 Å². The topological polar surface area (TPSA) is 77.5 Å². The average molecular weight is 451 g/mol. The molecule has 0 aliphatic heterocycles. The largest absolute Gasteiger partial charge is 0.495 e. The Morgan fingerprint density at radius 1 is 1.24 bits per heavy atom. The van der Waals surface area contributed by atoms with Crippen LogP contribution in [0, 0.1) is 0 Å². The van der Waals surface area contributed by atoms with Crippen molar-refractivity contribution in [2.75, 3.05) is 24.8 Å². The fourth-order valence-corrected chi connectivity index (χ4v) is 4.78.